The molecular formula is C15H22N2O2. The molecule has 1 unspecified atom stereocenters. The Morgan fingerprint density at radius 1 is 1.42 bits per heavy atom. The lowest BCUT2D eigenvalue weighted by Crippen LogP contribution is -2.41. The molecule has 2 N–H and O–H groups in total. The lowest BCUT2D eigenvalue weighted by Gasteiger charge is -2.27. The Bertz CT molecular complexity index is 404. The van der Waals surface area contributed by atoms with Gasteiger partial charge in [0.25, 0.3) is 0 Å². The topological polar surface area (TPSA) is 55.6 Å². The fourth-order valence-electron chi connectivity index (χ4n) is 2.31. The van der Waals surface area contributed by atoms with Gasteiger partial charge in [0.1, 0.15) is 0 Å². The van der Waals surface area contributed by atoms with E-state index in [0.29, 0.717) is 25.7 Å². The lowest BCUT2D eigenvalue weighted by atomic mass is 9.97. The molecule has 0 radical (unpaired) electrons. The molecule has 1 amide bonds. The van der Waals surface area contributed by atoms with Crippen molar-refractivity contribution in [2.75, 3.05) is 26.8 Å². The Labute approximate surface area is 114 Å². The highest BCUT2D eigenvalue weighted by Gasteiger charge is 2.35. The first kappa shape index (κ1) is 14.0. The Morgan fingerprint density at radius 2 is 2.11 bits per heavy atom. The highest BCUT2D eigenvalue weighted by atomic mass is 16.5. The van der Waals surface area contributed by atoms with Crippen molar-refractivity contribution in [3.8, 4) is 0 Å². The van der Waals surface area contributed by atoms with Crippen molar-refractivity contribution < 1.29 is 9.53 Å². The van der Waals surface area contributed by atoms with Gasteiger partial charge in [-0.05, 0) is 18.4 Å². The summed E-state index contributed by atoms with van der Waals surface area (Å²) in [6.07, 6.45) is 2.20. The molecule has 0 spiro atoms. The van der Waals surface area contributed by atoms with Crippen LogP contribution >= 0.6 is 0 Å². The Kier molecular flexibility index (Phi) is 4.93. The summed E-state index contributed by atoms with van der Waals surface area (Å²) in [6, 6.07) is 10.2. The van der Waals surface area contributed by atoms with E-state index in [2.05, 4.69) is 0 Å². The summed E-state index contributed by atoms with van der Waals surface area (Å²) in [4.78, 5) is 14.6. The first-order valence-corrected chi connectivity index (χ1v) is 6.82. The second kappa shape index (κ2) is 6.68. The molecule has 1 saturated carbocycles. The van der Waals surface area contributed by atoms with E-state index in [9.17, 15) is 4.79 Å². The van der Waals surface area contributed by atoms with Crippen LogP contribution in [0.3, 0.4) is 0 Å². The largest absolute Gasteiger partial charge is 0.383 e. The second-order valence-corrected chi connectivity index (χ2v) is 4.95. The molecule has 1 atom stereocenters. The van der Waals surface area contributed by atoms with Gasteiger partial charge in [-0.3, -0.25) is 4.79 Å². The molecule has 104 valence electrons. The normalized spacial score (nSPS) is 16.1. The minimum absolute atomic E-state index is 0.133. The molecule has 1 aliphatic rings. The summed E-state index contributed by atoms with van der Waals surface area (Å²) < 4.78 is 5.09. The van der Waals surface area contributed by atoms with Crippen LogP contribution in [0.15, 0.2) is 30.3 Å². The monoisotopic (exact) mass is 262 g/mol. The third kappa shape index (κ3) is 3.55. The van der Waals surface area contributed by atoms with Gasteiger partial charge >= 0.3 is 0 Å². The molecule has 1 aromatic carbocycles. The van der Waals surface area contributed by atoms with Gasteiger partial charge in [0.2, 0.25) is 5.91 Å². The van der Waals surface area contributed by atoms with E-state index in [1.54, 1.807) is 7.11 Å². The molecule has 4 heteroatoms. The van der Waals surface area contributed by atoms with Crippen molar-refractivity contribution in [2.45, 2.75) is 24.8 Å². The van der Waals surface area contributed by atoms with Crippen molar-refractivity contribution in [3.05, 3.63) is 35.9 Å². The van der Waals surface area contributed by atoms with E-state index in [1.165, 1.54) is 0 Å². The number of nitrogens with two attached hydrogens (primary N) is 1. The zero-order valence-corrected chi connectivity index (χ0v) is 11.4. The van der Waals surface area contributed by atoms with Crippen molar-refractivity contribution in [2.24, 2.45) is 5.73 Å². The van der Waals surface area contributed by atoms with Gasteiger partial charge in [-0.2, -0.15) is 0 Å². The van der Waals surface area contributed by atoms with Crippen LogP contribution in [-0.4, -0.2) is 43.7 Å². The van der Waals surface area contributed by atoms with E-state index < -0.39 is 0 Å². The van der Waals surface area contributed by atoms with Gasteiger partial charge in [-0.1, -0.05) is 30.3 Å². The van der Waals surface area contributed by atoms with Crippen LogP contribution in [0, 0.1) is 0 Å². The Morgan fingerprint density at radius 3 is 2.63 bits per heavy atom. The van der Waals surface area contributed by atoms with Crippen LogP contribution in [-0.2, 0) is 9.53 Å². The number of hydrogen-bond acceptors (Lipinski definition) is 3. The predicted molar refractivity (Wildman–Crippen MR) is 74.8 cm³/mol. The molecule has 0 aromatic heterocycles. The first-order chi connectivity index (χ1) is 9.27. The van der Waals surface area contributed by atoms with Gasteiger partial charge < -0.3 is 15.4 Å². The predicted octanol–water partition coefficient (Wildman–Crippen LogP) is 1.37. The zero-order valence-electron chi connectivity index (χ0n) is 11.4. The minimum atomic E-state index is -0.237. The SMILES string of the molecule is COCCN(C(=O)C(CN)c1ccccc1)C1CC1. The van der Waals surface area contributed by atoms with Crippen molar-refractivity contribution in [1.82, 2.24) is 4.90 Å². The fourth-order valence-corrected chi connectivity index (χ4v) is 2.31. The molecule has 19 heavy (non-hydrogen) atoms. The lowest BCUT2D eigenvalue weighted by molar-refractivity contribution is -0.133. The van der Waals surface area contributed by atoms with Gasteiger partial charge in [0, 0.05) is 26.2 Å². The highest BCUT2D eigenvalue weighted by Crippen LogP contribution is 2.29. The average molecular weight is 262 g/mol. The van der Waals surface area contributed by atoms with E-state index in [1.807, 2.05) is 35.2 Å². The number of ether oxygens (including phenoxy) is 1. The minimum Gasteiger partial charge on any atom is -0.383 e. The molecule has 4 nitrogen and oxygen atoms in total. The summed E-state index contributed by atoms with van der Waals surface area (Å²) in [5.41, 5.74) is 6.81. The fraction of sp³-hybridized carbons (Fsp3) is 0.533. The van der Waals surface area contributed by atoms with Crippen LogP contribution in [0.5, 0.6) is 0 Å². The number of carbonyl (C=O) groups excluding carboxylic acids is 1. The summed E-state index contributed by atoms with van der Waals surface area (Å²) in [5, 5.41) is 0. The van der Waals surface area contributed by atoms with Crippen LogP contribution < -0.4 is 5.73 Å². The quantitative estimate of drug-likeness (QED) is 0.807. The van der Waals surface area contributed by atoms with E-state index >= 15 is 0 Å². The molecule has 0 heterocycles. The average Bonchev–Trinajstić information content (AvgIpc) is 3.26. The van der Waals surface area contributed by atoms with E-state index in [-0.39, 0.29) is 11.8 Å². The van der Waals surface area contributed by atoms with Gasteiger partial charge in [-0.15, -0.1) is 0 Å². The Hall–Kier alpha value is -1.39. The number of carbonyl (C=O) groups is 1. The first-order valence-electron chi connectivity index (χ1n) is 6.82. The number of nitrogens with zero attached hydrogens (tertiary/aromatic N) is 1. The van der Waals surface area contributed by atoms with Crippen molar-refractivity contribution in [1.29, 1.82) is 0 Å². The maximum atomic E-state index is 12.7. The standard InChI is InChI=1S/C15H22N2O2/c1-19-10-9-17(13-7-8-13)15(18)14(11-16)12-5-3-2-4-6-12/h2-6,13-14H,7-11,16H2,1H3. The molecule has 2 rings (SSSR count). The second-order valence-electron chi connectivity index (χ2n) is 4.95. The Balaban J connectivity index is 2.09. The van der Waals surface area contributed by atoms with Crippen LogP contribution in [0.25, 0.3) is 0 Å². The number of amides is 1. The van der Waals surface area contributed by atoms with Crippen LogP contribution in [0.1, 0.15) is 24.3 Å². The molecular weight excluding hydrogens is 240 g/mol. The zero-order chi connectivity index (χ0) is 13.7. The summed E-state index contributed by atoms with van der Waals surface area (Å²) in [7, 11) is 1.66. The third-order valence-corrected chi connectivity index (χ3v) is 3.54. The number of methoxy groups -OCH3 is 1. The number of benzene rings is 1. The number of hydrogen-bond donors (Lipinski definition) is 1. The van der Waals surface area contributed by atoms with Gasteiger partial charge in [-0.25, -0.2) is 0 Å². The van der Waals surface area contributed by atoms with Crippen LogP contribution in [0.2, 0.25) is 0 Å². The highest BCUT2D eigenvalue weighted by molar-refractivity contribution is 5.84. The summed E-state index contributed by atoms with van der Waals surface area (Å²) in [5.74, 6) is -0.105. The molecule has 0 aliphatic heterocycles. The van der Waals surface area contributed by atoms with E-state index in [4.69, 9.17) is 10.5 Å². The summed E-state index contributed by atoms with van der Waals surface area (Å²) >= 11 is 0. The molecule has 0 saturated heterocycles. The number of rotatable bonds is 7. The molecule has 0 bridgehead atoms. The summed E-state index contributed by atoms with van der Waals surface area (Å²) in [6.45, 7) is 1.58. The smallest absolute Gasteiger partial charge is 0.231 e. The van der Waals surface area contributed by atoms with Gasteiger partial charge in [0.05, 0.1) is 12.5 Å². The van der Waals surface area contributed by atoms with Crippen molar-refractivity contribution in [3.63, 3.8) is 0 Å². The van der Waals surface area contributed by atoms with Crippen LogP contribution in [0.4, 0.5) is 0 Å². The van der Waals surface area contributed by atoms with Gasteiger partial charge in [0.15, 0.2) is 0 Å². The van der Waals surface area contributed by atoms with Crippen molar-refractivity contribution >= 4 is 5.91 Å². The van der Waals surface area contributed by atoms with E-state index in [0.717, 1.165) is 18.4 Å². The molecule has 1 aliphatic carbocycles. The molecule has 1 fully saturated rings. The maximum absolute atomic E-state index is 12.7. The third-order valence-electron chi connectivity index (χ3n) is 3.54. The maximum Gasteiger partial charge on any atom is 0.231 e. The molecule has 1 aromatic rings.